The minimum atomic E-state index is -0.492. The highest BCUT2D eigenvalue weighted by atomic mass is 35.5. The quantitative estimate of drug-likeness (QED) is 0.763. The van der Waals surface area contributed by atoms with Gasteiger partial charge in [-0.3, -0.25) is 0 Å². The molecule has 0 radical (unpaired) electrons. The van der Waals surface area contributed by atoms with E-state index < -0.39 is 5.54 Å². The maximum atomic E-state index is 13.6. The summed E-state index contributed by atoms with van der Waals surface area (Å²) in [6, 6.07) is 5.03. The molecule has 0 amide bonds. The van der Waals surface area contributed by atoms with Gasteiger partial charge < -0.3 is 5.73 Å². The van der Waals surface area contributed by atoms with E-state index in [-0.39, 0.29) is 10.8 Å². The first-order valence-electron chi connectivity index (χ1n) is 4.76. The van der Waals surface area contributed by atoms with Crippen LogP contribution < -0.4 is 5.73 Å². The van der Waals surface area contributed by atoms with Crippen LogP contribution in [0.15, 0.2) is 18.2 Å². The molecule has 1 aliphatic carbocycles. The van der Waals surface area contributed by atoms with Crippen molar-refractivity contribution in [3.05, 3.63) is 34.6 Å². The summed E-state index contributed by atoms with van der Waals surface area (Å²) >= 11 is 5.71. The lowest BCUT2D eigenvalue weighted by Crippen LogP contribution is -2.48. The zero-order chi connectivity index (χ0) is 10.3. The second-order valence-electron chi connectivity index (χ2n) is 4.27. The van der Waals surface area contributed by atoms with Gasteiger partial charge in [0.15, 0.2) is 0 Å². The molecule has 0 spiro atoms. The van der Waals surface area contributed by atoms with Crippen LogP contribution in [-0.2, 0) is 5.54 Å². The number of halogens is 2. The highest BCUT2D eigenvalue weighted by molar-refractivity contribution is 6.30. The van der Waals surface area contributed by atoms with Crippen LogP contribution in [0.1, 0.15) is 25.3 Å². The molecule has 0 heterocycles. The second-order valence-corrected chi connectivity index (χ2v) is 4.68. The molecule has 0 aromatic heterocycles. The Bertz CT molecular complexity index is 358. The largest absolute Gasteiger partial charge is 0.321 e. The molecular weight excluding hydrogens is 201 g/mol. The van der Waals surface area contributed by atoms with Gasteiger partial charge in [-0.05, 0) is 24.8 Å². The molecule has 0 bridgehead atoms. The standard InChI is InChI=1S/C11H13ClFN/c1-7-5-11(14,6-7)8-3-2-4-9(12)10(8)13/h2-4,7H,5-6,14H2,1H3. The third kappa shape index (κ3) is 1.43. The van der Waals surface area contributed by atoms with Crippen LogP contribution in [0.4, 0.5) is 4.39 Å². The lowest BCUT2D eigenvalue weighted by molar-refractivity contribution is 0.159. The van der Waals surface area contributed by atoms with Gasteiger partial charge in [0.05, 0.1) is 5.02 Å². The zero-order valence-electron chi connectivity index (χ0n) is 8.06. The summed E-state index contributed by atoms with van der Waals surface area (Å²) in [7, 11) is 0. The fraction of sp³-hybridized carbons (Fsp3) is 0.455. The fourth-order valence-electron chi connectivity index (χ4n) is 2.29. The number of hydrogen-bond donors (Lipinski definition) is 1. The second kappa shape index (κ2) is 3.21. The maximum absolute atomic E-state index is 13.6. The van der Waals surface area contributed by atoms with E-state index in [1.54, 1.807) is 18.2 Å². The summed E-state index contributed by atoms with van der Waals surface area (Å²) in [5.74, 6) is 0.224. The summed E-state index contributed by atoms with van der Waals surface area (Å²) in [6.45, 7) is 2.12. The average molecular weight is 214 g/mol. The van der Waals surface area contributed by atoms with Crippen molar-refractivity contribution in [2.24, 2.45) is 11.7 Å². The number of hydrogen-bond acceptors (Lipinski definition) is 1. The summed E-state index contributed by atoms with van der Waals surface area (Å²) in [6.07, 6.45) is 1.68. The van der Waals surface area contributed by atoms with Crippen molar-refractivity contribution in [1.29, 1.82) is 0 Å². The summed E-state index contributed by atoms with van der Waals surface area (Å²) in [5.41, 5.74) is 6.15. The smallest absolute Gasteiger partial charge is 0.146 e. The van der Waals surface area contributed by atoms with Gasteiger partial charge in [-0.2, -0.15) is 0 Å². The molecule has 1 saturated carbocycles. The molecule has 1 nitrogen and oxygen atoms in total. The van der Waals surface area contributed by atoms with Crippen LogP contribution in [0.2, 0.25) is 5.02 Å². The molecular formula is C11H13ClFN. The lowest BCUT2D eigenvalue weighted by atomic mass is 9.66. The molecule has 0 atom stereocenters. The summed E-state index contributed by atoms with van der Waals surface area (Å²) in [4.78, 5) is 0. The van der Waals surface area contributed by atoms with E-state index in [1.165, 1.54) is 0 Å². The minimum absolute atomic E-state index is 0.159. The van der Waals surface area contributed by atoms with Gasteiger partial charge in [-0.1, -0.05) is 30.7 Å². The van der Waals surface area contributed by atoms with E-state index in [0.29, 0.717) is 11.5 Å². The SMILES string of the molecule is CC1CC(N)(c2cccc(Cl)c2F)C1. The highest BCUT2D eigenvalue weighted by Crippen LogP contribution is 2.44. The molecule has 1 aromatic rings. The van der Waals surface area contributed by atoms with Crippen LogP contribution in [0.25, 0.3) is 0 Å². The van der Waals surface area contributed by atoms with Crippen molar-refractivity contribution in [3.8, 4) is 0 Å². The van der Waals surface area contributed by atoms with Crippen LogP contribution in [0.3, 0.4) is 0 Å². The van der Waals surface area contributed by atoms with Crippen LogP contribution in [0.5, 0.6) is 0 Å². The molecule has 1 aromatic carbocycles. The lowest BCUT2D eigenvalue weighted by Gasteiger charge is -2.44. The first-order valence-corrected chi connectivity index (χ1v) is 5.14. The monoisotopic (exact) mass is 213 g/mol. The Morgan fingerprint density at radius 3 is 2.71 bits per heavy atom. The topological polar surface area (TPSA) is 26.0 Å². The van der Waals surface area contributed by atoms with E-state index in [9.17, 15) is 4.39 Å². The molecule has 0 aliphatic heterocycles. The average Bonchev–Trinajstić information content (AvgIpc) is 2.07. The molecule has 0 unspecified atom stereocenters. The zero-order valence-corrected chi connectivity index (χ0v) is 8.81. The highest BCUT2D eigenvalue weighted by Gasteiger charge is 2.41. The first-order chi connectivity index (χ1) is 6.53. The molecule has 3 heteroatoms. The molecule has 2 N–H and O–H groups in total. The van der Waals surface area contributed by atoms with Crippen molar-refractivity contribution in [2.75, 3.05) is 0 Å². The van der Waals surface area contributed by atoms with Crippen molar-refractivity contribution >= 4 is 11.6 Å². The van der Waals surface area contributed by atoms with E-state index in [0.717, 1.165) is 12.8 Å². The Kier molecular flexibility index (Phi) is 2.28. The molecule has 2 rings (SSSR count). The molecule has 76 valence electrons. The van der Waals surface area contributed by atoms with Gasteiger partial charge in [-0.15, -0.1) is 0 Å². The minimum Gasteiger partial charge on any atom is -0.321 e. The van der Waals surface area contributed by atoms with Gasteiger partial charge in [-0.25, -0.2) is 4.39 Å². The molecule has 14 heavy (non-hydrogen) atoms. The Balaban J connectivity index is 2.37. The Labute approximate surface area is 88.1 Å². The molecule has 0 saturated heterocycles. The van der Waals surface area contributed by atoms with Crippen molar-refractivity contribution in [3.63, 3.8) is 0 Å². The molecule has 1 aliphatic rings. The van der Waals surface area contributed by atoms with Gasteiger partial charge in [0.25, 0.3) is 0 Å². The fourth-order valence-corrected chi connectivity index (χ4v) is 2.47. The van der Waals surface area contributed by atoms with E-state index >= 15 is 0 Å². The summed E-state index contributed by atoms with van der Waals surface area (Å²) in [5, 5.41) is 0.159. The van der Waals surface area contributed by atoms with E-state index in [4.69, 9.17) is 17.3 Å². The Morgan fingerprint density at radius 2 is 2.14 bits per heavy atom. The van der Waals surface area contributed by atoms with E-state index in [2.05, 4.69) is 6.92 Å². The Morgan fingerprint density at radius 1 is 1.50 bits per heavy atom. The van der Waals surface area contributed by atoms with Gasteiger partial charge >= 0.3 is 0 Å². The van der Waals surface area contributed by atoms with Crippen molar-refractivity contribution < 1.29 is 4.39 Å². The van der Waals surface area contributed by atoms with Crippen molar-refractivity contribution in [2.45, 2.75) is 25.3 Å². The normalized spacial score (nSPS) is 31.3. The number of rotatable bonds is 1. The third-order valence-electron chi connectivity index (χ3n) is 2.91. The predicted octanol–water partition coefficient (Wildman–Crippen LogP) is 3.06. The van der Waals surface area contributed by atoms with Gasteiger partial charge in [0.1, 0.15) is 5.82 Å². The van der Waals surface area contributed by atoms with Crippen molar-refractivity contribution in [1.82, 2.24) is 0 Å². The first kappa shape index (κ1) is 9.94. The van der Waals surface area contributed by atoms with Crippen LogP contribution in [-0.4, -0.2) is 0 Å². The number of nitrogens with two attached hydrogens (primary N) is 1. The van der Waals surface area contributed by atoms with Crippen LogP contribution >= 0.6 is 11.6 Å². The Hall–Kier alpha value is -0.600. The van der Waals surface area contributed by atoms with Gasteiger partial charge in [0, 0.05) is 11.1 Å². The molecule has 1 fully saturated rings. The van der Waals surface area contributed by atoms with Gasteiger partial charge in [0.2, 0.25) is 0 Å². The third-order valence-corrected chi connectivity index (χ3v) is 3.21. The van der Waals surface area contributed by atoms with E-state index in [1.807, 2.05) is 0 Å². The van der Waals surface area contributed by atoms with Crippen LogP contribution in [0, 0.1) is 11.7 Å². The predicted molar refractivity (Wildman–Crippen MR) is 55.7 cm³/mol. The summed E-state index contributed by atoms with van der Waals surface area (Å²) < 4.78 is 13.6. The number of benzene rings is 1. The maximum Gasteiger partial charge on any atom is 0.146 e.